The molecule has 1 unspecified atom stereocenters. The van der Waals surface area contributed by atoms with Gasteiger partial charge in [-0.05, 0) is 38.5 Å². The number of carbonyl (C=O) groups excluding carboxylic acids is 1. The van der Waals surface area contributed by atoms with Gasteiger partial charge in [-0.15, -0.1) is 0 Å². The molecule has 0 aromatic carbocycles. The molecular weight excluding hydrogens is 240 g/mol. The summed E-state index contributed by atoms with van der Waals surface area (Å²) in [5, 5.41) is 10.4. The van der Waals surface area contributed by atoms with Gasteiger partial charge >= 0.3 is 0 Å². The van der Waals surface area contributed by atoms with Crippen molar-refractivity contribution >= 4 is 5.78 Å². The molecule has 2 aliphatic rings. The summed E-state index contributed by atoms with van der Waals surface area (Å²) in [4.78, 5) is 12.6. The molecule has 0 aromatic rings. The van der Waals surface area contributed by atoms with Gasteiger partial charge in [-0.3, -0.25) is 4.79 Å². The zero-order chi connectivity index (χ0) is 13.9. The van der Waals surface area contributed by atoms with Gasteiger partial charge in [0, 0.05) is 12.5 Å². The Kier molecular flexibility index (Phi) is 4.67. The van der Waals surface area contributed by atoms with E-state index in [-0.39, 0.29) is 17.3 Å². The number of carbonyl (C=O) groups is 1. The van der Waals surface area contributed by atoms with Crippen LogP contribution in [0.15, 0.2) is 0 Å². The summed E-state index contributed by atoms with van der Waals surface area (Å²) in [5.41, 5.74) is -1.17. The lowest BCUT2D eigenvalue weighted by Crippen LogP contribution is -2.49. The number of ketones is 1. The second-order valence-corrected chi connectivity index (χ2v) is 6.38. The van der Waals surface area contributed by atoms with E-state index in [0.29, 0.717) is 19.4 Å². The van der Waals surface area contributed by atoms with Crippen molar-refractivity contribution in [3.05, 3.63) is 0 Å². The van der Waals surface area contributed by atoms with Crippen molar-refractivity contribution in [2.24, 2.45) is 5.92 Å². The maximum atomic E-state index is 12.6. The molecular formula is C16H28O3. The van der Waals surface area contributed by atoms with Crippen LogP contribution in [0.2, 0.25) is 0 Å². The van der Waals surface area contributed by atoms with E-state index >= 15 is 0 Å². The number of Topliss-reactive ketones (excluding diaryl/α,β-unsaturated/α-hetero) is 1. The smallest absolute Gasteiger partial charge is 0.167 e. The van der Waals surface area contributed by atoms with Crippen LogP contribution in [0.4, 0.5) is 0 Å². The first kappa shape index (κ1) is 15.0. The third-order valence-electron chi connectivity index (χ3n) is 5.26. The van der Waals surface area contributed by atoms with Crippen molar-refractivity contribution in [3.63, 3.8) is 0 Å². The summed E-state index contributed by atoms with van der Waals surface area (Å²) in [7, 11) is 0. The lowest BCUT2D eigenvalue weighted by Gasteiger charge is -2.44. The van der Waals surface area contributed by atoms with Crippen molar-refractivity contribution in [2.75, 3.05) is 6.61 Å². The number of hydrogen-bond acceptors (Lipinski definition) is 3. The molecule has 2 rings (SSSR count). The SMILES string of the molecule is CCC(O)(CC)C(=O)C1CCOC2(CCCCC2)C1. The number of ether oxygens (including phenoxy) is 1. The molecule has 0 bridgehead atoms. The van der Waals surface area contributed by atoms with Crippen molar-refractivity contribution in [2.45, 2.75) is 82.8 Å². The fourth-order valence-electron chi connectivity index (χ4n) is 3.77. The molecule has 0 aromatic heterocycles. The third-order valence-corrected chi connectivity index (χ3v) is 5.26. The Morgan fingerprint density at radius 1 is 1.26 bits per heavy atom. The van der Waals surface area contributed by atoms with E-state index in [1.165, 1.54) is 19.3 Å². The first-order valence-electron chi connectivity index (χ1n) is 7.96. The molecule has 2 fully saturated rings. The topological polar surface area (TPSA) is 46.5 Å². The predicted molar refractivity (Wildman–Crippen MR) is 75.0 cm³/mol. The van der Waals surface area contributed by atoms with E-state index in [4.69, 9.17) is 4.74 Å². The zero-order valence-corrected chi connectivity index (χ0v) is 12.4. The number of hydrogen-bond donors (Lipinski definition) is 1. The summed E-state index contributed by atoms with van der Waals surface area (Å²) in [6, 6.07) is 0. The van der Waals surface area contributed by atoms with E-state index in [1.807, 2.05) is 13.8 Å². The number of aliphatic hydroxyl groups is 1. The van der Waals surface area contributed by atoms with Gasteiger partial charge in [0.2, 0.25) is 0 Å². The molecule has 1 aliphatic heterocycles. The molecule has 3 nitrogen and oxygen atoms in total. The van der Waals surface area contributed by atoms with Crippen LogP contribution in [0.25, 0.3) is 0 Å². The summed E-state index contributed by atoms with van der Waals surface area (Å²) in [6.45, 7) is 4.48. The van der Waals surface area contributed by atoms with Crippen molar-refractivity contribution in [3.8, 4) is 0 Å². The normalized spacial score (nSPS) is 27.4. The van der Waals surface area contributed by atoms with Crippen LogP contribution in [0.1, 0.15) is 71.6 Å². The van der Waals surface area contributed by atoms with Crippen LogP contribution in [0.3, 0.4) is 0 Å². The van der Waals surface area contributed by atoms with Gasteiger partial charge in [-0.1, -0.05) is 33.1 Å². The fraction of sp³-hybridized carbons (Fsp3) is 0.938. The molecule has 1 heterocycles. The summed E-state index contributed by atoms with van der Waals surface area (Å²) < 4.78 is 6.03. The highest BCUT2D eigenvalue weighted by molar-refractivity contribution is 5.89. The van der Waals surface area contributed by atoms with E-state index in [0.717, 1.165) is 25.7 Å². The largest absolute Gasteiger partial charge is 0.382 e. The first-order chi connectivity index (χ1) is 9.05. The van der Waals surface area contributed by atoms with Crippen LogP contribution in [0.5, 0.6) is 0 Å². The van der Waals surface area contributed by atoms with Crippen LogP contribution in [-0.4, -0.2) is 28.7 Å². The van der Waals surface area contributed by atoms with Gasteiger partial charge in [0.25, 0.3) is 0 Å². The average Bonchev–Trinajstić information content (AvgIpc) is 2.46. The highest BCUT2D eigenvalue weighted by Crippen LogP contribution is 2.42. The van der Waals surface area contributed by atoms with Crippen LogP contribution >= 0.6 is 0 Å². The quantitative estimate of drug-likeness (QED) is 0.851. The van der Waals surface area contributed by atoms with Gasteiger partial charge in [0.15, 0.2) is 5.78 Å². The summed E-state index contributed by atoms with van der Waals surface area (Å²) in [6.07, 6.45) is 8.55. The Morgan fingerprint density at radius 2 is 1.89 bits per heavy atom. The van der Waals surface area contributed by atoms with E-state index in [9.17, 15) is 9.90 Å². The Balaban J connectivity index is 2.06. The van der Waals surface area contributed by atoms with E-state index in [1.54, 1.807) is 0 Å². The molecule has 1 saturated carbocycles. The van der Waals surface area contributed by atoms with Gasteiger partial charge < -0.3 is 9.84 Å². The third kappa shape index (κ3) is 3.03. The number of rotatable bonds is 4. The molecule has 0 amide bonds. The van der Waals surface area contributed by atoms with Gasteiger partial charge in [0.05, 0.1) is 5.60 Å². The maximum Gasteiger partial charge on any atom is 0.167 e. The zero-order valence-electron chi connectivity index (χ0n) is 12.4. The minimum absolute atomic E-state index is 0.00301. The highest BCUT2D eigenvalue weighted by atomic mass is 16.5. The standard InChI is InChI=1S/C16H28O3/c1-3-16(18,4-2)14(17)13-8-11-19-15(12-13)9-6-5-7-10-15/h13,18H,3-12H2,1-2H3. The summed E-state index contributed by atoms with van der Waals surface area (Å²) >= 11 is 0. The fourth-order valence-corrected chi connectivity index (χ4v) is 3.77. The molecule has 1 atom stereocenters. The Hall–Kier alpha value is -0.410. The second kappa shape index (κ2) is 5.92. The highest BCUT2D eigenvalue weighted by Gasteiger charge is 2.45. The minimum atomic E-state index is -1.11. The minimum Gasteiger partial charge on any atom is -0.382 e. The average molecular weight is 268 g/mol. The van der Waals surface area contributed by atoms with Crippen molar-refractivity contribution < 1.29 is 14.6 Å². The molecule has 1 spiro atoms. The van der Waals surface area contributed by atoms with E-state index in [2.05, 4.69) is 0 Å². The molecule has 3 heteroatoms. The molecule has 1 N–H and O–H groups in total. The molecule has 1 saturated heterocycles. The molecule has 0 radical (unpaired) electrons. The van der Waals surface area contributed by atoms with Gasteiger partial charge in [0.1, 0.15) is 5.60 Å². The molecule has 1 aliphatic carbocycles. The van der Waals surface area contributed by atoms with Gasteiger partial charge in [-0.2, -0.15) is 0 Å². The Labute approximate surface area is 116 Å². The summed E-state index contributed by atoms with van der Waals surface area (Å²) in [5.74, 6) is 0.0579. The Morgan fingerprint density at radius 3 is 2.47 bits per heavy atom. The second-order valence-electron chi connectivity index (χ2n) is 6.38. The lowest BCUT2D eigenvalue weighted by atomic mass is 9.72. The molecule has 19 heavy (non-hydrogen) atoms. The maximum absolute atomic E-state index is 12.6. The molecule has 110 valence electrons. The monoisotopic (exact) mass is 268 g/mol. The van der Waals surface area contributed by atoms with E-state index < -0.39 is 5.60 Å². The van der Waals surface area contributed by atoms with Gasteiger partial charge in [-0.25, -0.2) is 0 Å². The predicted octanol–water partition coefficient (Wildman–Crippen LogP) is 3.24. The van der Waals surface area contributed by atoms with Crippen LogP contribution in [-0.2, 0) is 9.53 Å². The van der Waals surface area contributed by atoms with Crippen LogP contribution < -0.4 is 0 Å². The van der Waals surface area contributed by atoms with Crippen molar-refractivity contribution in [1.82, 2.24) is 0 Å². The first-order valence-corrected chi connectivity index (χ1v) is 7.96. The Bertz CT molecular complexity index is 308. The lowest BCUT2D eigenvalue weighted by molar-refractivity contribution is -0.158. The van der Waals surface area contributed by atoms with Crippen LogP contribution in [0, 0.1) is 5.92 Å². The van der Waals surface area contributed by atoms with Crippen molar-refractivity contribution in [1.29, 1.82) is 0 Å².